The molecule has 0 radical (unpaired) electrons. The molecule has 2 saturated heterocycles. The van der Waals surface area contributed by atoms with Crippen molar-refractivity contribution in [3.8, 4) is 0 Å². The standard InChI is InChI=1S/C16H22N2O2/c19-16-8-3-11-18(16)14-5-1-9-17(13-14)10-2-6-15-7-4-12-20-15/h2,4,6-7,12,14H,1,3,5,8-11,13H2/b6-2+/t14-/m1/s1. The molecule has 1 aromatic heterocycles. The molecule has 0 aromatic carbocycles. The van der Waals surface area contributed by atoms with Crippen molar-refractivity contribution in [1.82, 2.24) is 9.80 Å². The highest BCUT2D eigenvalue weighted by molar-refractivity contribution is 5.78. The summed E-state index contributed by atoms with van der Waals surface area (Å²) in [6, 6.07) is 4.28. The minimum absolute atomic E-state index is 0.350. The maximum Gasteiger partial charge on any atom is 0.222 e. The van der Waals surface area contributed by atoms with Crippen LogP contribution in [0.3, 0.4) is 0 Å². The first-order valence-electron chi connectivity index (χ1n) is 7.55. The topological polar surface area (TPSA) is 36.7 Å². The van der Waals surface area contributed by atoms with Crippen molar-refractivity contribution in [3.05, 3.63) is 30.2 Å². The summed E-state index contributed by atoms with van der Waals surface area (Å²) in [5.74, 6) is 1.25. The number of carbonyl (C=O) groups is 1. The van der Waals surface area contributed by atoms with E-state index in [0.29, 0.717) is 11.9 Å². The quantitative estimate of drug-likeness (QED) is 0.846. The SMILES string of the molecule is O=C1CCCN1[C@@H]1CCCN(C/C=C/c2ccco2)C1. The number of hydrogen-bond donors (Lipinski definition) is 0. The molecule has 2 fully saturated rings. The molecule has 3 heterocycles. The van der Waals surface area contributed by atoms with E-state index in [1.165, 1.54) is 6.42 Å². The van der Waals surface area contributed by atoms with Gasteiger partial charge in [0.2, 0.25) is 5.91 Å². The molecule has 4 nitrogen and oxygen atoms in total. The average molecular weight is 274 g/mol. The first kappa shape index (κ1) is 13.4. The molecule has 4 heteroatoms. The van der Waals surface area contributed by atoms with Crippen molar-refractivity contribution in [2.75, 3.05) is 26.2 Å². The van der Waals surface area contributed by atoms with E-state index in [9.17, 15) is 4.79 Å². The zero-order chi connectivity index (χ0) is 13.8. The Balaban J connectivity index is 1.51. The van der Waals surface area contributed by atoms with Gasteiger partial charge in [0, 0.05) is 32.1 Å². The lowest BCUT2D eigenvalue weighted by molar-refractivity contribution is -0.130. The summed E-state index contributed by atoms with van der Waals surface area (Å²) in [6.45, 7) is 4.02. The smallest absolute Gasteiger partial charge is 0.222 e. The molecular weight excluding hydrogens is 252 g/mol. The van der Waals surface area contributed by atoms with Crippen LogP contribution >= 0.6 is 0 Å². The van der Waals surface area contributed by atoms with E-state index in [1.54, 1.807) is 6.26 Å². The van der Waals surface area contributed by atoms with Crippen molar-refractivity contribution < 1.29 is 9.21 Å². The van der Waals surface area contributed by atoms with Crippen LogP contribution in [0.4, 0.5) is 0 Å². The molecule has 20 heavy (non-hydrogen) atoms. The summed E-state index contributed by atoms with van der Waals surface area (Å²) in [5, 5.41) is 0. The van der Waals surface area contributed by atoms with Crippen molar-refractivity contribution >= 4 is 12.0 Å². The normalized spacial score (nSPS) is 24.9. The maximum atomic E-state index is 11.8. The van der Waals surface area contributed by atoms with Gasteiger partial charge in [-0.25, -0.2) is 0 Å². The molecule has 0 saturated carbocycles. The minimum atomic E-state index is 0.350. The van der Waals surface area contributed by atoms with E-state index < -0.39 is 0 Å². The van der Waals surface area contributed by atoms with Crippen LogP contribution < -0.4 is 0 Å². The van der Waals surface area contributed by atoms with Gasteiger partial charge in [0.15, 0.2) is 0 Å². The van der Waals surface area contributed by atoms with Crippen LogP contribution in [-0.4, -0.2) is 47.9 Å². The lowest BCUT2D eigenvalue weighted by Gasteiger charge is -2.37. The predicted octanol–water partition coefficient (Wildman–Crippen LogP) is 2.38. The fourth-order valence-corrected chi connectivity index (χ4v) is 3.21. The number of likely N-dealkylation sites (tertiary alicyclic amines) is 2. The second kappa shape index (κ2) is 6.27. The fraction of sp³-hybridized carbons (Fsp3) is 0.562. The van der Waals surface area contributed by atoms with E-state index in [-0.39, 0.29) is 0 Å². The Morgan fingerprint density at radius 1 is 1.35 bits per heavy atom. The molecule has 0 aliphatic carbocycles. The van der Waals surface area contributed by atoms with Crippen molar-refractivity contribution in [1.29, 1.82) is 0 Å². The number of rotatable bonds is 4. The largest absolute Gasteiger partial charge is 0.465 e. The van der Waals surface area contributed by atoms with E-state index >= 15 is 0 Å². The fourth-order valence-electron chi connectivity index (χ4n) is 3.21. The molecular formula is C16H22N2O2. The zero-order valence-electron chi connectivity index (χ0n) is 11.8. The highest BCUT2D eigenvalue weighted by atomic mass is 16.3. The number of nitrogens with zero attached hydrogens (tertiary/aromatic N) is 2. The third kappa shape index (κ3) is 3.12. The molecule has 108 valence electrons. The summed E-state index contributed by atoms with van der Waals surface area (Å²) < 4.78 is 5.28. The van der Waals surface area contributed by atoms with Gasteiger partial charge < -0.3 is 9.32 Å². The van der Waals surface area contributed by atoms with Crippen molar-refractivity contribution in [2.45, 2.75) is 31.7 Å². The van der Waals surface area contributed by atoms with Gasteiger partial charge in [-0.05, 0) is 44.0 Å². The second-order valence-electron chi connectivity index (χ2n) is 5.66. The number of furan rings is 1. The Morgan fingerprint density at radius 2 is 2.30 bits per heavy atom. The lowest BCUT2D eigenvalue weighted by Crippen LogP contribution is -2.48. The van der Waals surface area contributed by atoms with E-state index in [0.717, 1.165) is 51.2 Å². The van der Waals surface area contributed by atoms with Crippen LogP contribution in [0.1, 0.15) is 31.4 Å². The second-order valence-corrected chi connectivity index (χ2v) is 5.66. The highest BCUT2D eigenvalue weighted by Crippen LogP contribution is 2.21. The first-order chi connectivity index (χ1) is 9.83. The Hall–Kier alpha value is -1.55. The molecule has 0 N–H and O–H groups in total. The van der Waals surface area contributed by atoms with Gasteiger partial charge in [0.25, 0.3) is 0 Å². The van der Waals surface area contributed by atoms with Gasteiger partial charge in [-0.1, -0.05) is 6.08 Å². The van der Waals surface area contributed by atoms with Gasteiger partial charge in [0.1, 0.15) is 5.76 Å². The predicted molar refractivity (Wildman–Crippen MR) is 78.2 cm³/mol. The van der Waals surface area contributed by atoms with Crippen LogP contribution in [0, 0.1) is 0 Å². The Bertz CT molecular complexity index is 467. The first-order valence-corrected chi connectivity index (χ1v) is 7.55. The van der Waals surface area contributed by atoms with Crippen LogP contribution in [0.25, 0.3) is 6.08 Å². The molecule has 0 unspecified atom stereocenters. The highest BCUT2D eigenvalue weighted by Gasteiger charge is 2.30. The van der Waals surface area contributed by atoms with Gasteiger partial charge in [0.05, 0.1) is 6.26 Å². The molecule has 0 spiro atoms. The van der Waals surface area contributed by atoms with Crippen LogP contribution in [0.2, 0.25) is 0 Å². The molecule has 1 aromatic rings. The molecule has 2 aliphatic heterocycles. The summed E-state index contributed by atoms with van der Waals surface area (Å²) in [4.78, 5) is 16.4. The minimum Gasteiger partial charge on any atom is -0.465 e. The van der Waals surface area contributed by atoms with Crippen LogP contribution in [0.5, 0.6) is 0 Å². The Labute approximate surface area is 120 Å². The maximum absolute atomic E-state index is 11.8. The number of carbonyl (C=O) groups excluding carboxylic acids is 1. The average Bonchev–Trinajstić information content (AvgIpc) is 3.11. The molecule has 3 rings (SSSR count). The summed E-state index contributed by atoms with van der Waals surface area (Å²) in [6.07, 6.45) is 9.98. The Kier molecular flexibility index (Phi) is 4.21. The van der Waals surface area contributed by atoms with Gasteiger partial charge in [-0.3, -0.25) is 9.69 Å². The van der Waals surface area contributed by atoms with E-state index in [2.05, 4.69) is 15.9 Å². The van der Waals surface area contributed by atoms with Crippen molar-refractivity contribution in [2.24, 2.45) is 0 Å². The summed E-state index contributed by atoms with van der Waals surface area (Å²) >= 11 is 0. The van der Waals surface area contributed by atoms with E-state index in [1.807, 2.05) is 18.2 Å². The third-order valence-corrected chi connectivity index (χ3v) is 4.22. The van der Waals surface area contributed by atoms with Crippen LogP contribution in [0.15, 0.2) is 28.9 Å². The van der Waals surface area contributed by atoms with Gasteiger partial charge in [-0.15, -0.1) is 0 Å². The van der Waals surface area contributed by atoms with Crippen molar-refractivity contribution in [3.63, 3.8) is 0 Å². The van der Waals surface area contributed by atoms with Crippen LogP contribution in [-0.2, 0) is 4.79 Å². The van der Waals surface area contributed by atoms with Gasteiger partial charge >= 0.3 is 0 Å². The Morgan fingerprint density at radius 3 is 3.05 bits per heavy atom. The number of amides is 1. The molecule has 2 aliphatic rings. The summed E-state index contributed by atoms with van der Waals surface area (Å²) in [7, 11) is 0. The molecule has 0 bridgehead atoms. The lowest BCUT2D eigenvalue weighted by atomic mass is 10.0. The van der Waals surface area contributed by atoms with Gasteiger partial charge in [-0.2, -0.15) is 0 Å². The zero-order valence-corrected chi connectivity index (χ0v) is 11.8. The third-order valence-electron chi connectivity index (χ3n) is 4.22. The molecule has 1 atom stereocenters. The van der Waals surface area contributed by atoms with E-state index in [4.69, 9.17) is 4.42 Å². The number of hydrogen-bond acceptors (Lipinski definition) is 3. The molecule has 1 amide bonds. The number of piperidine rings is 1. The summed E-state index contributed by atoms with van der Waals surface area (Å²) in [5.41, 5.74) is 0. The monoisotopic (exact) mass is 274 g/mol.